The highest BCUT2D eigenvalue weighted by Gasteiger charge is 2.37. The van der Waals surface area contributed by atoms with E-state index >= 15 is 0 Å². The molecule has 2 aliphatic heterocycles. The third-order valence-corrected chi connectivity index (χ3v) is 5.08. The molecule has 0 radical (unpaired) electrons. The summed E-state index contributed by atoms with van der Waals surface area (Å²) in [4.78, 5) is 39.9. The van der Waals surface area contributed by atoms with Crippen LogP contribution >= 0.6 is 0 Å². The molecule has 0 aromatic heterocycles. The Bertz CT molecular complexity index is 710. The smallest absolute Gasteiger partial charge is 0.334 e. The van der Waals surface area contributed by atoms with Crippen molar-refractivity contribution in [1.29, 1.82) is 0 Å². The maximum absolute atomic E-state index is 12.9. The van der Waals surface area contributed by atoms with Crippen molar-refractivity contribution in [3.8, 4) is 5.75 Å². The summed E-state index contributed by atoms with van der Waals surface area (Å²) in [7, 11) is 0. The second kappa shape index (κ2) is 9.05. The quantitative estimate of drug-likeness (QED) is 0.806. The number of carboxylic acids is 1. The topological polar surface area (TPSA) is 96.4 Å². The number of likely N-dealkylation sites (tertiary alicyclic amines) is 1. The molecule has 2 unspecified atom stereocenters. The predicted octanol–water partition coefficient (Wildman–Crippen LogP) is 1.00. The maximum Gasteiger partial charge on any atom is 0.334 e. The first-order valence-electron chi connectivity index (χ1n) is 9.56. The van der Waals surface area contributed by atoms with E-state index in [-0.39, 0.29) is 37.0 Å². The molecule has 1 aromatic carbocycles. The Hall–Kier alpha value is -2.61. The van der Waals surface area contributed by atoms with E-state index in [1.54, 1.807) is 28.9 Å². The molecule has 0 spiro atoms. The first-order chi connectivity index (χ1) is 13.4. The lowest BCUT2D eigenvalue weighted by Crippen LogP contribution is -2.55. The molecule has 1 aromatic rings. The SMILES string of the molecule is C[C@@H]1CN(C(=O)C2CCCN(C(=O)COc3ccccc3)C2)CC(C(=O)O)O1. The number of ether oxygens (including phenoxy) is 2. The van der Waals surface area contributed by atoms with Gasteiger partial charge in [-0.2, -0.15) is 0 Å². The molecule has 0 saturated carbocycles. The number of carboxylic acid groups (broad SMARTS) is 1. The minimum Gasteiger partial charge on any atom is -0.484 e. The number of nitrogens with zero attached hydrogens (tertiary/aromatic N) is 2. The van der Waals surface area contributed by atoms with Crippen LogP contribution in [0.4, 0.5) is 0 Å². The number of para-hydroxylation sites is 1. The van der Waals surface area contributed by atoms with Crippen molar-refractivity contribution in [2.24, 2.45) is 5.92 Å². The van der Waals surface area contributed by atoms with Crippen LogP contribution in [0.25, 0.3) is 0 Å². The van der Waals surface area contributed by atoms with E-state index in [9.17, 15) is 19.5 Å². The van der Waals surface area contributed by atoms with Gasteiger partial charge in [-0.25, -0.2) is 4.79 Å². The van der Waals surface area contributed by atoms with E-state index in [4.69, 9.17) is 9.47 Å². The summed E-state index contributed by atoms with van der Waals surface area (Å²) in [6.07, 6.45) is 0.0779. The molecule has 3 atom stereocenters. The monoisotopic (exact) mass is 390 g/mol. The average molecular weight is 390 g/mol. The fourth-order valence-corrected chi connectivity index (χ4v) is 3.68. The number of hydrogen-bond donors (Lipinski definition) is 1. The van der Waals surface area contributed by atoms with Gasteiger partial charge in [0, 0.05) is 19.6 Å². The van der Waals surface area contributed by atoms with Gasteiger partial charge in [0.05, 0.1) is 18.6 Å². The van der Waals surface area contributed by atoms with Crippen LogP contribution in [0.1, 0.15) is 19.8 Å². The maximum atomic E-state index is 12.9. The zero-order valence-electron chi connectivity index (χ0n) is 16.0. The van der Waals surface area contributed by atoms with Crippen LogP contribution in [-0.4, -0.2) is 77.7 Å². The van der Waals surface area contributed by atoms with Crippen LogP contribution in [0, 0.1) is 5.92 Å². The van der Waals surface area contributed by atoms with Gasteiger partial charge in [0.1, 0.15) is 5.75 Å². The van der Waals surface area contributed by atoms with Gasteiger partial charge in [0.2, 0.25) is 5.91 Å². The van der Waals surface area contributed by atoms with E-state index in [2.05, 4.69) is 0 Å². The number of carbonyl (C=O) groups is 3. The van der Waals surface area contributed by atoms with Gasteiger partial charge in [-0.15, -0.1) is 0 Å². The van der Waals surface area contributed by atoms with Gasteiger partial charge >= 0.3 is 5.97 Å². The number of amides is 2. The summed E-state index contributed by atoms with van der Waals surface area (Å²) in [6, 6.07) is 9.12. The number of hydrogen-bond acceptors (Lipinski definition) is 5. The zero-order valence-corrected chi connectivity index (χ0v) is 16.0. The minimum absolute atomic E-state index is 0.0417. The van der Waals surface area contributed by atoms with E-state index in [1.807, 2.05) is 18.2 Å². The summed E-state index contributed by atoms with van der Waals surface area (Å²) in [6.45, 7) is 3.02. The number of benzene rings is 1. The lowest BCUT2D eigenvalue weighted by Gasteiger charge is -2.39. The average Bonchev–Trinajstić information content (AvgIpc) is 2.71. The minimum atomic E-state index is -1.07. The third kappa shape index (κ3) is 5.01. The van der Waals surface area contributed by atoms with E-state index < -0.39 is 12.1 Å². The Kier molecular flexibility index (Phi) is 6.51. The van der Waals surface area contributed by atoms with Crippen molar-refractivity contribution >= 4 is 17.8 Å². The second-order valence-corrected chi connectivity index (χ2v) is 7.30. The number of morpholine rings is 1. The molecule has 2 saturated heterocycles. The summed E-state index contributed by atoms with van der Waals surface area (Å²) in [5, 5.41) is 9.20. The van der Waals surface area contributed by atoms with E-state index in [0.29, 0.717) is 31.8 Å². The molecule has 1 N–H and O–H groups in total. The van der Waals surface area contributed by atoms with Crippen molar-refractivity contribution in [3.05, 3.63) is 30.3 Å². The first kappa shape index (κ1) is 20.1. The summed E-state index contributed by atoms with van der Waals surface area (Å²) >= 11 is 0. The van der Waals surface area contributed by atoms with Gasteiger partial charge in [-0.3, -0.25) is 9.59 Å². The molecule has 152 valence electrons. The van der Waals surface area contributed by atoms with E-state index in [0.717, 1.165) is 6.42 Å². The van der Waals surface area contributed by atoms with Crippen LogP contribution < -0.4 is 4.74 Å². The zero-order chi connectivity index (χ0) is 20.1. The van der Waals surface area contributed by atoms with Gasteiger partial charge in [-0.05, 0) is 31.9 Å². The second-order valence-electron chi connectivity index (χ2n) is 7.30. The fraction of sp³-hybridized carbons (Fsp3) is 0.550. The highest BCUT2D eigenvalue weighted by atomic mass is 16.5. The molecule has 2 fully saturated rings. The van der Waals surface area contributed by atoms with Crippen molar-refractivity contribution in [2.45, 2.75) is 32.0 Å². The van der Waals surface area contributed by atoms with E-state index in [1.165, 1.54) is 0 Å². The lowest BCUT2D eigenvalue weighted by atomic mass is 9.95. The van der Waals surface area contributed by atoms with Crippen LogP contribution in [0.15, 0.2) is 30.3 Å². The summed E-state index contributed by atoms with van der Waals surface area (Å²) < 4.78 is 10.9. The Balaban J connectivity index is 1.55. The van der Waals surface area contributed by atoms with Gasteiger partial charge in [0.25, 0.3) is 5.91 Å². The standard InChI is InChI=1S/C20H26N2O6/c1-14-10-22(12-17(28-14)20(25)26)19(24)15-6-5-9-21(11-15)18(23)13-27-16-7-3-2-4-8-16/h2-4,7-8,14-15,17H,5-6,9-13H2,1H3,(H,25,26)/t14-,15?,17?/m1/s1. The molecule has 2 amide bonds. The normalized spacial score (nSPS) is 25.2. The Morgan fingerprint density at radius 1 is 1.14 bits per heavy atom. The van der Waals surface area contributed by atoms with Gasteiger partial charge < -0.3 is 24.4 Å². The van der Waals surface area contributed by atoms with Gasteiger partial charge in [-0.1, -0.05) is 18.2 Å². The number of carbonyl (C=O) groups excluding carboxylic acids is 2. The third-order valence-electron chi connectivity index (χ3n) is 5.08. The molecular formula is C20H26N2O6. The molecule has 2 heterocycles. The molecule has 3 rings (SSSR count). The van der Waals surface area contributed by atoms with Crippen LogP contribution in [0.3, 0.4) is 0 Å². The van der Waals surface area contributed by atoms with Crippen molar-refractivity contribution in [3.63, 3.8) is 0 Å². The highest BCUT2D eigenvalue weighted by molar-refractivity contribution is 5.83. The number of piperidine rings is 1. The summed E-state index contributed by atoms with van der Waals surface area (Å²) in [5.41, 5.74) is 0. The molecular weight excluding hydrogens is 364 g/mol. The number of rotatable bonds is 5. The summed E-state index contributed by atoms with van der Waals surface area (Å²) in [5.74, 6) is -1.03. The van der Waals surface area contributed by atoms with Crippen molar-refractivity contribution in [2.75, 3.05) is 32.8 Å². The molecule has 28 heavy (non-hydrogen) atoms. The first-order valence-corrected chi connectivity index (χ1v) is 9.56. The molecule has 8 nitrogen and oxygen atoms in total. The van der Waals surface area contributed by atoms with Gasteiger partial charge in [0.15, 0.2) is 12.7 Å². The fourth-order valence-electron chi connectivity index (χ4n) is 3.68. The molecule has 8 heteroatoms. The molecule has 0 aliphatic carbocycles. The highest BCUT2D eigenvalue weighted by Crippen LogP contribution is 2.22. The number of aliphatic carboxylic acids is 1. The van der Waals surface area contributed by atoms with Crippen molar-refractivity contribution < 1.29 is 29.0 Å². The van der Waals surface area contributed by atoms with Crippen LogP contribution in [0.5, 0.6) is 5.75 Å². The largest absolute Gasteiger partial charge is 0.484 e. The van der Waals surface area contributed by atoms with Crippen LogP contribution in [0.2, 0.25) is 0 Å². The molecule has 2 aliphatic rings. The molecule has 0 bridgehead atoms. The Labute approximate surface area is 164 Å². The lowest BCUT2D eigenvalue weighted by molar-refractivity contribution is -0.168. The van der Waals surface area contributed by atoms with Crippen LogP contribution in [-0.2, 0) is 19.1 Å². The van der Waals surface area contributed by atoms with Crippen molar-refractivity contribution in [1.82, 2.24) is 9.80 Å². The predicted molar refractivity (Wildman–Crippen MR) is 99.8 cm³/mol. The Morgan fingerprint density at radius 2 is 1.89 bits per heavy atom. The Morgan fingerprint density at radius 3 is 2.61 bits per heavy atom.